The van der Waals surface area contributed by atoms with Gasteiger partial charge >= 0.3 is 54.0 Å². The van der Waals surface area contributed by atoms with E-state index in [1.807, 2.05) is 18.8 Å². The van der Waals surface area contributed by atoms with Crippen molar-refractivity contribution in [2.45, 2.75) is 179 Å². The number of aliphatic hydroxyl groups is 8. The van der Waals surface area contributed by atoms with Crippen LogP contribution < -0.4 is 63.1 Å². The van der Waals surface area contributed by atoms with E-state index in [0.717, 1.165) is 28.5 Å². The quantitative estimate of drug-likeness (QED) is 0.0296. The molecule has 48 nitrogen and oxygen atoms in total. The van der Waals surface area contributed by atoms with E-state index in [2.05, 4.69) is 0 Å². The number of hydrogen-bond acceptors (Lipinski definition) is 40. The molecule has 4 fully saturated rings. The normalized spacial score (nSPS) is 33.1. The number of ether oxygens (including phenoxy) is 4. The van der Waals surface area contributed by atoms with Gasteiger partial charge in [0.15, 0.2) is 50.0 Å². The number of aromatic amines is 4. The average molecular weight is 1950 g/mol. The molecule has 56 heteroatoms. The topological polar surface area (TPSA) is 666 Å². The molecule has 4 unspecified atom stereocenters. The monoisotopic (exact) mass is 1950 g/mol. The molecule has 4 aromatic carbocycles. The molecule has 8 aromatic rings. The van der Waals surface area contributed by atoms with Gasteiger partial charge in [0.1, 0.15) is 98.2 Å². The van der Waals surface area contributed by atoms with Gasteiger partial charge in [0.2, 0.25) is 0 Å². The van der Waals surface area contributed by atoms with E-state index < -0.39 is 222 Å². The fourth-order valence-electron chi connectivity index (χ4n) is 14.0. The largest absolute Gasteiger partial charge is 0.530 e. The van der Waals surface area contributed by atoms with Crippen LogP contribution in [-0.4, -0.2) is 203 Å². The van der Waals surface area contributed by atoms with Gasteiger partial charge in [-0.2, -0.15) is 0 Å². The zero-order chi connectivity index (χ0) is 102. The molecule has 8 aliphatic heterocycles. The van der Waals surface area contributed by atoms with Crippen molar-refractivity contribution in [3.63, 3.8) is 0 Å². The fourth-order valence-corrected chi connectivity index (χ4v) is 18.9. The van der Waals surface area contributed by atoms with Gasteiger partial charge in [-0.3, -0.25) is 113 Å². The number of fused-ring (bicyclic) bond motifs is 4. The van der Waals surface area contributed by atoms with Gasteiger partial charge in [0.25, 0.3) is 45.7 Å². The first-order valence-corrected chi connectivity index (χ1v) is 44.0. The summed E-state index contributed by atoms with van der Waals surface area (Å²) in [7, 11) is -18.5. The van der Waals surface area contributed by atoms with Gasteiger partial charge in [0.05, 0.1) is 56.9 Å². The number of aliphatic hydroxyl groups excluding tert-OH is 8. The molecule has 0 amide bonds. The third kappa shape index (κ3) is 20.0. The van der Waals surface area contributed by atoms with Gasteiger partial charge < -0.3 is 77.9 Å². The van der Waals surface area contributed by atoms with E-state index in [1.54, 1.807) is 105 Å². The molecular weight excluding hydrogens is 1860 g/mol. The first-order chi connectivity index (χ1) is 64.1. The van der Waals surface area contributed by atoms with Crippen LogP contribution in [0.5, 0.6) is 23.0 Å². The number of aldehydes is 4. The molecule has 12 heterocycles. The Morgan fingerprint density at radius 1 is 0.379 bits per heavy atom. The van der Waals surface area contributed by atoms with Crippen molar-refractivity contribution in [1.29, 1.82) is 0 Å². The van der Waals surface area contributed by atoms with E-state index in [9.17, 15) is 117 Å². The number of benzene rings is 4. The Kier molecular flexibility index (Phi) is 25.8. The minimum atomic E-state index is -4.90. The second-order valence-electron chi connectivity index (χ2n) is 30.3. The Balaban J connectivity index is 0.000000155. The number of aryl methyl sites for hydroxylation is 8. The Morgan fingerprint density at radius 3 is 0.917 bits per heavy atom. The third-order valence-corrected chi connectivity index (χ3v) is 25.2. The van der Waals surface area contributed by atoms with E-state index in [4.69, 9.17) is 81.5 Å². The van der Waals surface area contributed by atoms with Crippen LogP contribution in [0.1, 0.15) is 141 Å². The number of rotatable bonds is 20. The van der Waals surface area contributed by atoms with Gasteiger partial charge in [-0.05, 0) is 77.6 Å². The summed E-state index contributed by atoms with van der Waals surface area (Å²) in [5.41, 5.74) is -3.94. The predicted octanol–water partition coefficient (Wildman–Crippen LogP) is 2.46. The summed E-state index contributed by atoms with van der Waals surface area (Å²) in [6, 6.07) is 13.7. The predicted molar refractivity (Wildman–Crippen MR) is 430 cm³/mol. The molecule has 0 aliphatic carbocycles. The second kappa shape index (κ2) is 37.6. The van der Waals surface area contributed by atoms with Gasteiger partial charge in [-0.25, -0.2) is 55.0 Å². The third-order valence-electron chi connectivity index (χ3n) is 20.3. The molecule has 4 saturated heterocycles. The van der Waals surface area contributed by atoms with Crippen molar-refractivity contribution in [3.05, 3.63) is 246 Å². The number of H-pyrrole nitrogens is 4. The molecule has 0 radical (unpaired) electrons. The second-order valence-corrected chi connectivity index (χ2v) is 36.5. The summed E-state index contributed by atoms with van der Waals surface area (Å²) in [5, 5.41) is 82.4. The van der Waals surface area contributed by atoms with Crippen molar-refractivity contribution in [3.8, 4) is 23.0 Å². The standard InChI is InChI=1S/4C19H20FN2O10P/c4*1-9-3-10(2)14-11(4-9)7-29-33(28,32-14)30-8-19(20)15(25)13(24)17(31-19)22-5-12(6-23)16(26)21-18(22)27/h4*3-6,13,15,17,24-25H,7-8H2,1-2H3,(H,21,26,27)/t4*13-,15+,17-,19-,33?/m1111/s1/i8D2,17D;17D;8D2;. The van der Waals surface area contributed by atoms with Crippen LogP contribution in [0.4, 0.5) is 17.6 Å². The van der Waals surface area contributed by atoms with E-state index in [1.165, 1.54) is 0 Å². The summed E-state index contributed by atoms with van der Waals surface area (Å²) < 4.78 is 245. The number of hydrogen-bond donors (Lipinski definition) is 12. The van der Waals surface area contributed by atoms with Crippen LogP contribution in [-0.2, 0) is 99.8 Å². The summed E-state index contributed by atoms with van der Waals surface area (Å²) in [6.45, 7) is 2.74. The first kappa shape index (κ1) is 90.5. The Bertz CT molecular complexity index is 7010. The molecule has 0 saturated carbocycles. The number of halogens is 4. The lowest BCUT2D eigenvalue weighted by molar-refractivity contribution is -0.205. The van der Waals surface area contributed by atoms with Crippen LogP contribution in [0, 0.1) is 55.4 Å². The van der Waals surface area contributed by atoms with E-state index >= 15 is 17.6 Å². The first-order valence-electron chi connectivity index (χ1n) is 41.1. The Morgan fingerprint density at radius 2 is 0.614 bits per heavy atom. The highest BCUT2D eigenvalue weighted by atomic mass is 31.2. The SMILES string of the molecule is Cc1cc(C)c2c(c1)COP(=O)(OC[C@@]1(F)O[C@@H](n3cc(C=O)c(=O)[nH]c3=O)[C@H](O)[C@@H]1O)O2.[2H]C([2H])(OP1(=O)OCc2cc(C)cc(C)c2O1)[C@@]1(F)O[C@@H](n2cc(C=O)c(=O)[nH]c2=O)[C@H](O)[C@@H]1O.[2H]C([2H])(OP1(=O)OCc2cc(C)cc(C)c2O1)[C@@]1(F)O[C@@]([2H])(n2cc(C=O)c(=O)[nH]c2=O)[C@H](O)[C@@H]1O.[2H][C@@]1(n2cc(C=O)c(=O)[nH]c2=O)O[C@](F)(COP2(=O)OCc3cc(C)cc(C)c3O2)[C@@H](O)[C@H]1O. The van der Waals surface area contributed by atoms with E-state index in [-0.39, 0.29) is 83.7 Å². The molecule has 12 N–H and O–H groups in total. The summed E-state index contributed by atoms with van der Waals surface area (Å²) in [4.78, 5) is 146. The number of phosphoric acid groups is 4. The summed E-state index contributed by atoms with van der Waals surface area (Å²) in [6.07, 6.45) is -27.3. The van der Waals surface area contributed by atoms with Crippen LogP contribution in [0.2, 0.25) is 0 Å². The molecule has 8 aliphatic rings. The van der Waals surface area contributed by atoms with Crippen molar-refractivity contribution in [1.82, 2.24) is 38.2 Å². The van der Waals surface area contributed by atoms with Crippen LogP contribution in [0.15, 0.2) is 112 Å². The molecular formula is C76H80F4N8O40P4. The van der Waals surface area contributed by atoms with Crippen molar-refractivity contribution in [2.24, 2.45) is 0 Å². The zero-order valence-corrected chi connectivity index (χ0v) is 72.6. The van der Waals surface area contributed by atoms with Crippen LogP contribution >= 0.6 is 31.3 Å². The van der Waals surface area contributed by atoms with Gasteiger partial charge in [-0.15, -0.1) is 0 Å². The highest BCUT2D eigenvalue weighted by molar-refractivity contribution is 7.49. The van der Waals surface area contributed by atoms with Crippen LogP contribution in [0.3, 0.4) is 0 Å². The number of aromatic nitrogens is 8. The highest BCUT2D eigenvalue weighted by Crippen LogP contribution is 2.61. The minimum Gasteiger partial charge on any atom is -0.403 e. The maximum absolute atomic E-state index is 15.9. The number of phosphoric ester groups is 4. The Labute approximate surface area is 743 Å². The number of carbonyl (C=O) groups is 4. The summed E-state index contributed by atoms with van der Waals surface area (Å²) in [5.74, 6) is -14.0. The number of nitrogens with zero attached hydrogens (tertiary/aromatic N) is 4. The lowest BCUT2D eigenvalue weighted by Crippen LogP contribution is -2.43. The number of nitrogens with one attached hydrogen (secondary N) is 4. The highest BCUT2D eigenvalue weighted by Gasteiger charge is 2.62. The Hall–Kier alpha value is -10.7. The average Bonchev–Trinajstić information content (AvgIpc) is 1.56. The zero-order valence-electron chi connectivity index (χ0n) is 75.0. The van der Waals surface area contributed by atoms with Crippen molar-refractivity contribution >= 4 is 56.4 Å². The molecule has 132 heavy (non-hydrogen) atoms. The maximum Gasteiger partial charge on any atom is 0.530 e. The lowest BCUT2D eigenvalue weighted by Gasteiger charge is -2.29. The van der Waals surface area contributed by atoms with Crippen molar-refractivity contribution in [2.75, 3.05) is 26.3 Å². The number of alkyl halides is 4. The maximum atomic E-state index is 15.9. The lowest BCUT2D eigenvalue weighted by atomic mass is 10.1. The fraction of sp³-hybridized carbons (Fsp3) is 0.421. The smallest absolute Gasteiger partial charge is 0.403 e. The van der Waals surface area contributed by atoms with E-state index in [0.29, 0.717) is 72.2 Å². The molecule has 0 spiro atoms. The molecule has 4 aromatic heterocycles. The van der Waals surface area contributed by atoms with Crippen LogP contribution in [0.25, 0.3) is 0 Å². The van der Waals surface area contributed by atoms with Crippen molar-refractivity contribution < 1.29 is 177 Å². The summed E-state index contributed by atoms with van der Waals surface area (Å²) >= 11 is 0. The molecule has 712 valence electrons. The van der Waals surface area contributed by atoms with Gasteiger partial charge in [0, 0.05) is 47.0 Å². The van der Waals surface area contributed by atoms with Gasteiger partial charge in [-0.1, -0.05) is 70.8 Å². The molecule has 0 bridgehead atoms. The minimum absolute atomic E-state index is 0.00822. The number of carbonyl (C=O) groups excluding carboxylic acids is 4. The molecule has 16 rings (SSSR count). The molecule has 20 atom stereocenters.